The molecule has 2 heterocycles. The van der Waals surface area contributed by atoms with E-state index in [1.165, 1.54) is 87.9 Å². The average Bonchev–Trinajstić information content (AvgIpc) is 3.91. The number of benzene rings is 10. The number of para-hydroxylation sites is 2. The molecule has 0 bridgehead atoms. The summed E-state index contributed by atoms with van der Waals surface area (Å²) in [7, 11) is 0. The van der Waals surface area contributed by atoms with Gasteiger partial charge in [-0.15, -0.1) is 0 Å². The van der Waals surface area contributed by atoms with Crippen molar-refractivity contribution >= 4 is 70.9 Å². The van der Waals surface area contributed by atoms with Gasteiger partial charge in [0.15, 0.2) is 0 Å². The van der Waals surface area contributed by atoms with Crippen LogP contribution < -0.4 is 0 Å². The summed E-state index contributed by atoms with van der Waals surface area (Å²) in [6.45, 7) is 0. The van der Waals surface area contributed by atoms with Gasteiger partial charge in [0.25, 0.3) is 0 Å². The quantitative estimate of drug-likeness (QED) is 0.153. The molecule has 0 N–H and O–H groups in total. The van der Waals surface area contributed by atoms with Gasteiger partial charge in [0.2, 0.25) is 0 Å². The molecule has 0 saturated carbocycles. The first-order valence-electron chi connectivity index (χ1n) is 22.3. The Bertz CT molecular complexity index is 3790. The molecule has 1 aliphatic rings. The highest BCUT2D eigenvalue weighted by molar-refractivity contribution is 6.21. The maximum Gasteiger partial charge on any atom is 0.143 e. The van der Waals surface area contributed by atoms with Crippen molar-refractivity contribution in [1.82, 2.24) is 4.57 Å². The van der Waals surface area contributed by atoms with Gasteiger partial charge in [0.05, 0.1) is 11.0 Å². The minimum Gasteiger partial charge on any atom is -0.455 e. The third-order valence-corrected chi connectivity index (χ3v) is 13.5. The molecule has 2 heteroatoms. The predicted molar refractivity (Wildman–Crippen MR) is 270 cm³/mol. The summed E-state index contributed by atoms with van der Waals surface area (Å²) in [6, 6.07) is 77.5. The molecule has 1 atom stereocenters. The lowest BCUT2D eigenvalue weighted by atomic mass is 9.86. The Labute approximate surface area is 371 Å². The van der Waals surface area contributed by atoms with Crippen LogP contribution in [0.5, 0.6) is 0 Å². The van der Waals surface area contributed by atoms with E-state index in [0.29, 0.717) is 0 Å². The van der Waals surface area contributed by atoms with Gasteiger partial charge < -0.3 is 8.98 Å². The van der Waals surface area contributed by atoms with Crippen LogP contribution in [-0.4, -0.2) is 4.57 Å². The van der Waals surface area contributed by atoms with E-state index in [1.807, 2.05) is 6.07 Å². The van der Waals surface area contributed by atoms with Crippen LogP contribution in [0, 0.1) is 0 Å². The molecule has 1 aliphatic carbocycles. The van der Waals surface area contributed by atoms with E-state index in [4.69, 9.17) is 4.42 Å². The normalized spacial score (nSPS) is 14.1. The number of hydrogen-bond donors (Lipinski definition) is 0. The second-order valence-corrected chi connectivity index (χ2v) is 17.1. The van der Waals surface area contributed by atoms with Crippen LogP contribution in [0.2, 0.25) is 0 Å². The van der Waals surface area contributed by atoms with Gasteiger partial charge in [-0.2, -0.15) is 0 Å². The number of nitrogens with zero attached hydrogens (tertiary/aromatic N) is 1. The minimum absolute atomic E-state index is 0.219. The number of allylic oxidation sites excluding steroid dienone is 4. The Kier molecular flexibility index (Phi) is 8.39. The fourth-order valence-corrected chi connectivity index (χ4v) is 10.6. The van der Waals surface area contributed by atoms with Crippen molar-refractivity contribution < 1.29 is 4.42 Å². The minimum atomic E-state index is 0.219. The third-order valence-electron chi connectivity index (χ3n) is 13.5. The summed E-state index contributed by atoms with van der Waals surface area (Å²) in [5, 5.41) is 9.86. The smallest absolute Gasteiger partial charge is 0.143 e. The zero-order valence-corrected chi connectivity index (χ0v) is 35.1. The van der Waals surface area contributed by atoms with E-state index >= 15 is 0 Å². The van der Waals surface area contributed by atoms with Gasteiger partial charge >= 0.3 is 0 Å². The van der Waals surface area contributed by atoms with Crippen molar-refractivity contribution in [3.8, 4) is 39.1 Å². The van der Waals surface area contributed by atoms with E-state index < -0.39 is 0 Å². The zero-order valence-electron chi connectivity index (χ0n) is 35.1. The second-order valence-electron chi connectivity index (χ2n) is 17.1. The Morgan fingerprint density at radius 1 is 0.406 bits per heavy atom. The summed E-state index contributed by atoms with van der Waals surface area (Å²) in [4.78, 5) is 0. The topological polar surface area (TPSA) is 18.1 Å². The monoisotopic (exact) mass is 815 g/mol. The SMILES string of the molecule is C1=CC(c2cccc3c2oc2ccccc23)=CC(c2ccc3c(c2)c2cc(-c4ccccc4)ccc2n3-c2ccc(-c3c4ccccc4c(-c4ccccc4)c4ccccc34)cc2)C1. The number of furan rings is 1. The van der Waals surface area contributed by atoms with Gasteiger partial charge in [-0.05, 0) is 115 Å². The van der Waals surface area contributed by atoms with Gasteiger partial charge in [0, 0.05) is 38.7 Å². The fraction of sp³-hybridized carbons (Fsp3) is 0.0323. The highest BCUT2D eigenvalue weighted by Gasteiger charge is 2.21. The summed E-state index contributed by atoms with van der Waals surface area (Å²) in [5.41, 5.74) is 16.5. The highest BCUT2D eigenvalue weighted by Crippen LogP contribution is 2.45. The van der Waals surface area contributed by atoms with Crippen LogP contribution in [-0.2, 0) is 0 Å². The molecule has 0 aliphatic heterocycles. The predicted octanol–water partition coefficient (Wildman–Crippen LogP) is 17.1. The Morgan fingerprint density at radius 3 is 1.64 bits per heavy atom. The van der Waals surface area contributed by atoms with E-state index in [1.54, 1.807) is 0 Å². The average molecular weight is 816 g/mol. The molecular formula is C62H41NO. The Morgan fingerprint density at radius 2 is 0.953 bits per heavy atom. The summed E-state index contributed by atoms with van der Waals surface area (Å²) in [6.07, 6.45) is 7.97. The van der Waals surface area contributed by atoms with E-state index in [0.717, 1.165) is 39.6 Å². The molecule has 0 saturated heterocycles. The molecule has 10 aromatic carbocycles. The van der Waals surface area contributed by atoms with Gasteiger partial charge in [-0.3, -0.25) is 0 Å². The van der Waals surface area contributed by atoms with Crippen LogP contribution in [0.1, 0.15) is 23.5 Å². The van der Waals surface area contributed by atoms with Gasteiger partial charge in [-0.1, -0.05) is 188 Å². The van der Waals surface area contributed by atoms with Crippen LogP contribution >= 0.6 is 0 Å². The van der Waals surface area contributed by atoms with Crippen molar-refractivity contribution in [1.29, 1.82) is 0 Å². The molecule has 1 unspecified atom stereocenters. The lowest BCUT2D eigenvalue weighted by Gasteiger charge is -2.18. The third kappa shape index (κ3) is 5.80. The first kappa shape index (κ1) is 36.5. The molecule has 0 spiro atoms. The van der Waals surface area contributed by atoms with Crippen LogP contribution in [0.3, 0.4) is 0 Å². The first-order valence-corrected chi connectivity index (χ1v) is 22.3. The molecular weight excluding hydrogens is 775 g/mol. The number of fused-ring (bicyclic) bond motifs is 8. The maximum absolute atomic E-state index is 6.49. The maximum atomic E-state index is 6.49. The molecule has 13 rings (SSSR count). The van der Waals surface area contributed by atoms with Gasteiger partial charge in [-0.25, -0.2) is 0 Å². The van der Waals surface area contributed by atoms with E-state index in [9.17, 15) is 0 Å². The Balaban J connectivity index is 0.952. The fourth-order valence-electron chi connectivity index (χ4n) is 10.6. The number of aromatic nitrogens is 1. The first-order chi connectivity index (χ1) is 31.7. The lowest BCUT2D eigenvalue weighted by Crippen LogP contribution is -2.00. The zero-order chi connectivity index (χ0) is 42.1. The van der Waals surface area contributed by atoms with E-state index in [-0.39, 0.29) is 5.92 Å². The molecule has 12 aromatic rings. The van der Waals surface area contributed by atoms with Crippen molar-refractivity contribution in [3.63, 3.8) is 0 Å². The summed E-state index contributed by atoms with van der Waals surface area (Å²) in [5.74, 6) is 0.219. The molecule has 0 amide bonds. The van der Waals surface area contributed by atoms with Crippen molar-refractivity contribution in [2.75, 3.05) is 0 Å². The Hall–Kier alpha value is -8.20. The van der Waals surface area contributed by atoms with Crippen molar-refractivity contribution in [2.45, 2.75) is 12.3 Å². The van der Waals surface area contributed by atoms with Crippen molar-refractivity contribution in [3.05, 3.63) is 242 Å². The van der Waals surface area contributed by atoms with Gasteiger partial charge in [0.1, 0.15) is 11.2 Å². The van der Waals surface area contributed by atoms with Crippen LogP contribution in [0.25, 0.3) is 110 Å². The molecule has 300 valence electrons. The molecule has 0 fully saturated rings. The largest absolute Gasteiger partial charge is 0.455 e. The second kappa shape index (κ2) is 14.7. The van der Waals surface area contributed by atoms with Crippen molar-refractivity contribution in [2.24, 2.45) is 0 Å². The van der Waals surface area contributed by atoms with E-state index in [2.05, 4.69) is 229 Å². The lowest BCUT2D eigenvalue weighted by molar-refractivity contribution is 0.667. The molecule has 2 nitrogen and oxygen atoms in total. The summed E-state index contributed by atoms with van der Waals surface area (Å²) >= 11 is 0. The standard InChI is InChI=1S/C62H41NO/c1-3-15-40(16-4-1)44-31-35-57-55(38-44)56-39-45(43-19-13-20-46(37-43)48-26-14-27-54-49-21-11-12-28-59(49)64-62(48)54)32-36-58(56)63(57)47-33-29-42(30-34-47)61-52-24-9-7-22-50(52)60(41-17-5-2-6-18-41)51-23-8-10-25-53(51)61/h1-18,20-39,43H,19H2. The number of hydrogen-bond acceptors (Lipinski definition) is 1. The summed E-state index contributed by atoms with van der Waals surface area (Å²) < 4.78 is 8.94. The highest BCUT2D eigenvalue weighted by atomic mass is 16.3. The molecule has 2 aromatic heterocycles. The van der Waals surface area contributed by atoms with Crippen LogP contribution in [0.15, 0.2) is 235 Å². The van der Waals surface area contributed by atoms with Crippen LogP contribution in [0.4, 0.5) is 0 Å². The number of rotatable bonds is 6. The molecule has 0 radical (unpaired) electrons. The molecule has 64 heavy (non-hydrogen) atoms.